The molecule has 2 aromatic heterocycles. The second kappa shape index (κ2) is 20.7. The van der Waals surface area contributed by atoms with Gasteiger partial charge in [0.2, 0.25) is 17.8 Å². The number of halogens is 3. The summed E-state index contributed by atoms with van der Waals surface area (Å²) in [5.74, 6) is 1.63. The van der Waals surface area contributed by atoms with Crippen molar-refractivity contribution in [2.24, 2.45) is 0 Å². The number of benzene rings is 4. The van der Waals surface area contributed by atoms with Gasteiger partial charge in [-0.2, -0.15) is 0 Å². The molecule has 2 aliphatic heterocycles. The van der Waals surface area contributed by atoms with Crippen molar-refractivity contribution in [3.63, 3.8) is 0 Å². The van der Waals surface area contributed by atoms with Crippen molar-refractivity contribution in [1.82, 2.24) is 30.2 Å². The number of hydrogen-bond acceptors (Lipinski definition) is 11. The number of rotatable bonds is 11. The van der Waals surface area contributed by atoms with E-state index < -0.39 is 0 Å². The van der Waals surface area contributed by atoms with Gasteiger partial charge in [0.1, 0.15) is 5.75 Å². The minimum absolute atomic E-state index is 0.0155. The van der Waals surface area contributed by atoms with Gasteiger partial charge >= 0.3 is 0 Å². The zero-order chi connectivity index (χ0) is 43.8. The van der Waals surface area contributed by atoms with Crippen molar-refractivity contribution in [2.75, 3.05) is 80.4 Å². The Labute approximate surface area is 377 Å². The first-order chi connectivity index (χ1) is 29.9. The Morgan fingerprint density at radius 1 is 0.710 bits per heavy atom. The van der Waals surface area contributed by atoms with Gasteiger partial charge in [-0.3, -0.25) is 9.59 Å². The highest BCUT2D eigenvalue weighted by molar-refractivity contribution is 6.35. The Kier molecular flexibility index (Phi) is 14.9. The molecular formula is C46H51Cl3N10O3. The fourth-order valence-corrected chi connectivity index (χ4v) is 8.07. The number of aromatic nitrogens is 4. The number of nitrogens with zero attached hydrogens (tertiary/aromatic N) is 7. The van der Waals surface area contributed by atoms with E-state index in [2.05, 4.69) is 49.7 Å². The molecule has 4 aromatic carbocycles. The Balaban J connectivity index is 0.000000187. The first kappa shape index (κ1) is 44.7. The summed E-state index contributed by atoms with van der Waals surface area (Å²) in [6.07, 6.45) is 3.33. The molecular weight excluding hydrogens is 847 g/mol. The third-order valence-electron chi connectivity index (χ3n) is 11.0. The average molecular weight is 898 g/mol. The predicted octanol–water partition coefficient (Wildman–Crippen LogP) is 8.37. The molecule has 2 saturated heterocycles. The molecule has 0 radical (unpaired) electrons. The molecule has 0 spiro atoms. The van der Waals surface area contributed by atoms with E-state index in [1.807, 2.05) is 74.5 Å². The molecule has 13 nitrogen and oxygen atoms in total. The lowest BCUT2D eigenvalue weighted by atomic mass is 10.0. The number of piperidine rings is 1. The maximum Gasteiger partial charge on any atom is 0.262 e. The third kappa shape index (κ3) is 11.8. The van der Waals surface area contributed by atoms with Gasteiger partial charge < -0.3 is 35.4 Å². The summed E-state index contributed by atoms with van der Waals surface area (Å²) in [5.41, 5.74) is 6.06. The number of fused-ring (bicyclic) bond motifs is 2. The summed E-state index contributed by atoms with van der Waals surface area (Å²) in [5, 5.41) is 12.6. The van der Waals surface area contributed by atoms with Crippen LogP contribution in [0.2, 0.25) is 15.1 Å². The number of piperazine rings is 1. The highest BCUT2D eigenvalue weighted by atomic mass is 35.5. The number of amides is 2. The second-order valence-electron chi connectivity index (χ2n) is 15.7. The number of anilines is 4. The van der Waals surface area contributed by atoms with E-state index in [0.717, 1.165) is 108 Å². The number of carbonyl (C=O) groups is 2. The smallest absolute Gasteiger partial charge is 0.262 e. The van der Waals surface area contributed by atoms with E-state index >= 15 is 0 Å². The van der Waals surface area contributed by atoms with E-state index in [1.165, 1.54) is 0 Å². The minimum Gasteiger partial charge on any atom is -0.482 e. The largest absolute Gasteiger partial charge is 0.482 e. The van der Waals surface area contributed by atoms with Crippen LogP contribution in [-0.2, 0) is 16.0 Å². The van der Waals surface area contributed by atoms with Crippen molar-refractivity contribution in [3.05, 3.63) is 111 Å². The number of hydrogen-bond donors (Lipinski definition) is 3. The summed E-state index contributed by atoms with van der Waals surface area (Å²) in [7, 11) is 4.29. The molecule has 16 heteroatoms. The van der Waals surface area contributed by atoms with Crippen molar-refractivity contribution >= 4 is 91.7 Å². The van der Waals surface area contributed by atoms with Crippen LogP contribution in [0.15, 0.2) is 78.9 Å². The number of ether oxygens (including phenoxy) is 1. The van der Waals surface area contributed by atoms with E-state index in [0.29, 0.717) is 45.4 Å². The Morgan fingerprint density at radius 3 is 1.82 bits per heavy atom. The number of nitrogens with one attached hydrogen (secondary N) is 3. The number of carbonyl (C=O) groups excluding carboxylic acids is 2. The lowest BCUT2D eigenvalue weighted by Crippen LogP contribution is -2.44. The molecule has 62 heavy (non-hydrogen) atoms. The standard InChI is InChI=1S/C25H30ClN5O.C21H21Cl2N5O2/c1-17-22-16-20(28-24(32)11-6-18-4-7-19(26)8-5-18)9-10-23(22)29-25(27-17)31-14-12-21(13-15-31)30(2)3;1-13-16-11-15(26-20(29)12-30-19-5-2-14(22)10-17(19)23)3-4-18(16)27-21(25-13)28-8-6-24-7-9-28/h4-5,7-10,16,21H,6,11-15H2,1-3H3,(H,28,32);2-5,10-11,24H,6-9,12H2,1H3,(H,26,29). The molecule has 0 bridgehead atoms. The quantitative estimate of drug-likeness (QED) is 0.116. The third-order valence-corrected chi connectivity index (χ3v) is 11.8. The van der Waals surface area contributed by atoms with Gasteiger partial charge in [-0.05, 0) is 119 Å². The summed E-state index contributed by atoms with van der Waals surface area (Å²) in [6.45, 7) is 9.35. The van der Waals surface area contributed by atoms with Gasteiger partial charge in [0.05, 0.1) is 27.4 Å². The highest BCUT2D eigenvalue weighted by Gasteiger charge is 2.23. The SMILES string of the molecule is Cc1nc(N2CCC(N(C)C)CC2)nc2ccc(NC(=O)CCc3ccc(Cl)cc3)cc12.Cc1nc(N2CCNCC2)nc2ccc(NC(=O)COc3ccc(Cl)cc3Cl)cc12. The Hall–Kier alpha value is -5.31. The molecule has 324 valence electrons. The molecule has 8 rings (SSSR count). The zero-order valence-corrected chi connectivity index (χ0v) is 37.6. The monoisotopic (exact) mass is 896 g/mol. The molecule has 2 amide bonds. The van der Waals surface area contributed by atoms with Crippen LogP contribution in [0.4, 0.5) is 23.3 Å². The van der Waals surface area contributed by atoms with Gasteiger partial charge in [-0.25, -0.2) is 19.9 Å². The lowest BCUT2D eigenvalue weighted by Gasteiger charge is -2.35. The molecule has 3 N–H and O–H groups in total. The molecule has 0 atom stereocenters. The van der Waals surface area contributed by atoms with Gasteiger partial charge in [0.15, 0.2) is 6.61 Å². The van der Waals surface area contributed by atoms with Crippen LogP contribution in [0.1, 0.15) is 36.2 Å². The van der Waals surface area contributed by atoms with Crippen LogP contribution in [0, 0.1) is 13.8 Å². The van der Waals surface area contributed by atoms with Crippen molar-refractivity contribution < 1.29 is 14.3 Å². The van der Waals surface area contributed by atoms with Gasteiger partial charge in [-0.1, -0.05) is 46.9 Å². The van der Waals surface area contributed by atoms with Gasteiger partial charge in [0, 0.05) is 83.9 Å². The van der Waals surface area contributed by atoms with Crippen LogP contribution in [0.25, 0.3) is 21.8 Å². The summed E-state index contributed by atoms with van der Waals surface area (Å²) in [6, 6.07) is 24.5. The molecule has 4 heterocycles. The second-order valence-corrected chi connectivity index (χ2v) is 17.0. The van der Waals surface area contributed by atoms with E-state index in [4.69, 9.17) is 54.5 Å². The van der Waals surface area contributed by atoms with E-state index in [9.17, 15) is 9.59 Å². The van der Waals surface area contributed by atoms with E-state index in [1.54, 1.807) is 18.2 Å². The fourth-order valence-electron chi connectivity index (χ4n) is 7.48. The average Bonchev–Trinajstić information content (AvgIpc) is 3.27. The minimum atomic E-state index is -0.295. The number of aryl methyl sites for hydroxylation is 3. The maximum absolute atomic E-state index is 12.4. The molecule has 2 fully saturated rings. The zero-order valence-electron chi connectivity index (χ0n) is 35.4. The molecule has 6 aromatic rings. The Bertz CT molecular complexity index is 2530. The first-order valence-electron chi connectivity index (χ1n) is 20.7. The predicted molar refractivity (Wildman–Crippen MR) is 252 cm³/mol. The normalized spacial score (nSPS) is 14.5. The molecule has 0 saturated carbocycles. The van der Waals surface area contributed by atoms with Crippen molar-refractivity contribution in [3.8, 4) is 5.75 Å². The van der Waals surface area contributed by atoms with Crippen LogP contribution in [0.3, 0.4) is 0 Å². The topological polar surface area (TPSA) is 141 Å². The maximum atomic E-state index is 12.4. The van der Waals surface area contributed by atoms with E-state index in [-0.39, 0.29) is 18.4 Å². The van der Waals surface area contributed by atoms with Crippen molar-refractivity contribution in [2.45, 2.75) is 45.6 Å². The van der Waals surface area contributed by atoms with Gasteiger partial charge in [0.25, 0.3) is 5.91 Å². The van der Waals surface area contributed by atoms with Crippen LogP contribution in [0.5, 0.6) is 5.75 Å². The fraction of sp³-hybridized carbons (Fsp3) is 0.348. The van der Waals surface area contributed by atoms with Gasteiger partial charge in [-0.15, -0.1) is 0 Å². The summed E-state index contributed by atoms with van der Waals surface area (Å²) < 4.78 is 5.48. The van der Waals surface area contributed by atoms with Crippen LogP contribution >= 0.6 is 34.8 Å². The highest BCUT2D eigenvalue weighted by Crippen LogP contribution is 2.29. The first-order valence-corrected chi connectivity index (χ1v) is 21.9. The van der Waals surface area contributed by atoms with Crippen molar-refractivity contribution in [1.29, 1.82) is 0 Å². The molecule has 0 unspecified atom stereocenters. The Morgan fingerprint density at radius 2 is 1.26 bits per heavy atom. The summed E-state index contributed by atoms with van der Waals surface area (Å²) >= 11 is 17.8. The molecule has 2 aliphatic rings. The molecule has 0 aliphatic carbocycles. The van der Waals surface area contributed by atoms with Crippen LogP contribution < -0.4 is 30.5 Å². The lowest BCUT2D eigenvalue weighted by molar-refractivity contribution is -0.118. The van der Waals surface area contributed by atoms with Crippen LogP contribution in [-0.4, -0.2) is 103 Å². The summed E-state index contributed by atoms with van der Waals surface area (Å²) in [4.78, 5) is 50.4.